The molecule has 126 valence electrons. The standard InChI is InChI=1S/C20H23NO3/c1-14-11-21(18(22)23-13-15-7-5-4-6-8-15)12-16-17(14)20(3)10-9-19(16,2)24-20/h4-10,16H,11-13H2,1-3H3/t16-,19+,20-/m0/s1. The van der Waals surface area contributed by atoms with Gasteiger partial charge in [-0.15, -0.1) is 0 Å². The summed E-state index contributed by atoms with van der Waals surface area (Å²) in [5.74, 6) is 0.213. The van der Waals surface area contributed by atoms with Crippen molar-refractivity contribution in [3.8, 4) is 0 Å². The molecule has 24 heavy (non-hydrogen) atoms. The van der Waals surface area contributed by atoms with Crippen molar-refractivity contribution in [3.05, 3.63) is 59.2 Å². The van der Waals surface area contributed by atoms with Gasteiger partial charge in [-0.1, -0.05) is 48.1 Å². The summed E-state index contributed by atoms with van der Waals surface area (Å²) in [6.45, 7) is 7.90. The van der Waals surface area contributed by atoms with Crippen LogP contribution in [0.25, 0.3) is 0 Å². The maximum absolute atomic E-state index is 12.5. The van der Waals surface area contributed by atoms with Gasteiger partial charge in [0.2, 0.25) is 0 Å². The Balaban J connectivity index is 1.49. The van der Waals surface area contributed by atoms with E-state index in [0.717, 1.165) is 5.56 Å². The van der Waals surface area contributed by atoms with Crippen molar-refractivity contribution in [1.29, 1.82) is 0 Å². The fraction of sp³-hybridized carbons (Fsp3) is 0.450. The summed E-state index contributed by atoms with van der Waals surface area (Å²) in [5.41, 5.74) is 2.95. The highest BCUT2D eigenvalue weighted by atomic mass is 16.6. The molecule has 0 radical (unpaired) electrons. The molecule has 0 aromatic heterocycles. The molecular weight excluding hydrogens is 302 g/mol. The van der Waals surface area contributed by atoms with E-state index in [1.807, 2.05) is 30.3 Å². The van der Waals surface area contributed by atoms with Gasteiger partial charge in [-0.3, -0.25) is 0 Å². The second kappa shape index (κ2) is 5.21. The van der Waals surface area contributed by atoms with Crippen molar-refractivity contribution in [3.63, 3.8) is 0 Å². The number of ether oxygens (including phenoxy) is 2. The SMILES string of the molecule is CC1=C2[C@H](CN(C(=O)OCc3ccccc3)C1)[C@@]1(C)C=C[C@]2(C)O1. The molecule has 0 unspecified atom stereocenters. The maximum atomic E-state index is 12.5. The van der Waals surface area contributed by atoms with Crippen LogP contribution in [-0.2, 0) is 16.1 Å². The molecule has 0 aliphatic carbocycles. The van der Waals surface area contributed by atoms with Gasteiger partial charge in [-0.2, -0.15) is 0 Å². The minimum atomic E-state index is -0.316. The third-order valence-corrected chi connectivity index (χ3v) is 5.49. The van der Waals surface area contributed by atoms with Gasteiger partial charge in [-0.05, 0) is 31.9 Å². The van der Waals surface area contributed by atoms with Crippen LogP contribution in [0.15, 0.2) is 53.6 Å². The summed E-state index contributed by atoms with van der Waals surface area (Å²) < 4.78 is 11.8. The molecule has 1 aromatic rings. The lowest BCUT2D eigenvalue weighted by atomic mass is 9.72. The normalized spacial score (nSPS) is 33.8. The average molecular weight is 325 g/mol. The van der Waals surface area contributed by atoms with E-state index in [1.165, 1.54) is 11.1 Å². The minimum absolute atomic E-state index is 0.213. The first-order valence-corrected chi connectivity index (χ1v) is 8.48. The molecule has 3 heterocycles. The monoisotopic (exact) mass is 325 g/mol. The van der Waals surface area contributed by atoms with Crippen LogP contribution in [0, 0.1) is 5.92 Å². The number of carbonyl (C=O) groups is 1. The smallest absolute Gasteiger partial charge is 0.410 e. The molecule has 2 bridgehead atoms. The first-order chi connectivity index (χ1) is 11.4. The molecule has 1 fully saturated rings. The molecule has 3 atom stereocenters. The van der Waals surface area contributed by atoms with Gasteiger partial charge in [0.05, 0.1) is 5.60 Å². The van der Waals surface area contributed by atoms with Crippen LogP contribution in [0.4, 0.5) is 4.79 Å². The average Bonchev–Trinajstić information content (AvgIpc) is 3.01. The number of nitrogens with zero attached hydrogens (tertiary/aromatic N) is 1. The lowest BCUT2D eigenvalue weighted by Gasteiger charge is -2.38. The van der Waals surface area contributed by atoms with Crippen molar-refractivity contribution in [2.75, 3.05) is 13.1 Å². The molecule has 3 aliphatic rings. The van der Waals surface area contributed by atoms with Gasteiger partial charge in [0.25, 0.3) is 0 Å². The van der Waals surface area contributed by atoms with E-state index in [9.17, 15) is 4.79 Å². The van der Waals surface area contributed by atoms with E-state index in [4.69, 9.17) is 9.47 Å². The number of fused-ring (bicyclic) bond motifs is 5. The number of benzene rings is 1. The molecule has 0 spiro atoms. The molecular formula is C20H23NO3. The Bertz CT molecular complexity index is 739. The molecule has 1 amide bonds. The van der Waals surface area contributed by atoms with E-state index in [2.05, 4.69) is 32.9 Å². The zero-order valence-corrected chi connectivity index (χ0v) is 14.4. The third kappa shape index (κ3) is 2.28. The summed E-state index contributed by atoms with van der Waals surface area (Å²) in [6.07, 6.45) is 4.05. The lowest BCUT2D eigenvalue weighted by molar-refractivity contribution is -0.0206. The fourth-order valence-electron chi connectivity index (χ4n) is 4.41. The number of amides is 1. The van der Waals surface area contributed by atoms with Crippen LogP contribution in [0.3, 0.4) is 0 Å². The summed E-state index contributed by atoms with van der Waals surface area (Å²) in [4.78, 5) is 14.3. The second-order valence-electron chi connectivity index (χ2n) is 7.39. The van der Waals surface area contributed by atoms with Crippen LogP contribution < -0.4 is 0 Å². The molecule has 0 saturated carbocycles. The van der Waals surface area contributed by atoms with Crippen LogP contribution in [-0.4, -0.2) is 35.3 Å². The predicted molar refractivity (Wildman–Crippen MR) is 91.4 cm³/mol. The Morgan fingerprint density at radius 1 is 1.29 bits per heavy atom. The van der Waals surface area contributed by atoms with Crippen LogP contribution >= 0.6 is 0 Å². The molecule has 3 aliphatic heterocycles. The van der Waals surface area contributed by atoms with Crippen LogP contribution in [0.2, 0.25) is 0 Å². The Hall–Kier alpha value is -2.07. The maximum Gasteiger partial charge on any atom is 0.410 e. The highest BCUT2D eigenvalue weighted by Gasteiger charge is 2.58. The Labute approximate surface area is 142 Å². The molecule has 4 nitrogen and oxygen atoms in total. The highest BCUT2D eigenvalue weighted by Crippen LogP contribution is 2.55. The van der Waals surface area contributed by atoms with Crippen molar-refractivity contribution < 1.29 is 14.3 Å². The lowest BCUT2D eigenvalue weighted by Crippen LogP contribution is -2.47. The van der Waals surface area contributed by atoms with E-state index in [0.29, 0.717) is 19.7 Å². The number of carbonyl (C=O) groups excluding carboxylic acids is 1. The van der Waals surface area contributed by atoms with Gasteiger partial charge in [-0.25, -0.2) is 4.79 Å². The first-order valence-electron chi connectivity index (χ1n) is 8.48. The van der Waals surface area contributed by atoms with E-state index < -0.39 is 0 Å². The first kappa shape index (κ1) is 15.5. The predicted octanol–water partition coefficient (Wildman–Crippen LogP) is 3.69. The quantitative estimate of drug-likeness (QED) is 0.779. The number of hydrogen-bond donors (Lipinski definition) is 0. The highest BCUT2D eigenvalue weighted by molar-refractivity contribution is 5.69. The fourth-order valence-corrected chi connectivity index (χ4v) is 4.41. The van der Waals surface area contributed by atoms with Gasteiger partial charge < -0.3 is 14.4 Å². The summed E-state index contributed by atoms with van der Waals surface area (Å²) in [6, 6.07) is 9.77. The molecule has 1 aromatic carbocycles. The summed E-state index contributed by atoms with van der Waals surface area (Å²) in [7, 11) is 0. The number of hydrogen-bond acceptors (Lipinski definition) is 3. The van der Waals surface area contributed by atoms with Crippen molar-refractivity contribution in [1.82, 2.24) is 4.90 Å². The number of rotatable bonds is 2. The largest absolute Gasteiger partial charge is 0.445 e. The Morgan fingerprint density at radius 3 is 2.79 bits per heavy atom. The summed E-state index contributed by atoms with van der Waals surface area (Å²) in [5, 5.41) is 0. The zero-order chi connectivity index (χ0) is 16.9. The topological polar surface area (TPSA) is 38.8 Å². The van der Waals surface area contributed by atoms with Crippen molar-refractivity contribution in [2.45, 2.75) is 38.6 Å². The Kier molecular flexibility index (Phi) is 3.36. The van der Waals surface area contributed by atoms with Gasteiger partial charge in [0.1, 0.15) is 12.2 Å². The van der Waals surface area contributed by atoms with Crippen molar-refractivity contribution >= 4 is 6.09 Å². The molecule has 1 saturated heterocycles. The summed E-state index contributed by atoms with van der Waals surface area (Å²) >= 11 is 0. The van der Waals surface area contributed by atoms with Gasteiger partial charge >= 0.3 is 6.09 Å². The minimum Gasteiger partial charge on any atom is -0.445 e. The van der Waals surface area contributed by atoms with Crippen molar-refractivity contribution in [2.24, 2.45) is 5.92 Å². The molecule has 4 rings (SSSR count). The second-order valence-corrected chi connectivity index (χ2v) is 7.39. The van der Waals surface area contributed by atoms with E-state index >= 15 is 0 Å². The van der Waals surface area contributed by atoms with Gasteiger partial charge in [0.15, 0.2) is 0 Å². The third-order valence-electron chi connectivity index (χ3n) is 5.49. The molecule has 0 N–H and O–H groups in total. The van der Waals surface area contributed by atoms with Crippen LogP contribution in [0.5, 0.6) is 0 Å². The zero-order valence-electron chi connectivity index (χ0n) is 14.4. The van der Waals surface area contributed by atoms with Gasteiger partial charge in [0, 0.05) is 19.0 Å². The molecule has 4 heteroatoms. The van der Waals surface area contributed by atoms with Crippen LogP contribution in [0.1, 0.15) is 26.3 Å². The van der Waals surface area contributed by atoms with E-state index in [1.54, 1.807) is 4.90 Å². The Morgan fingerprint density at radius 2 is 2.04 bits per heavy atom. The van der Waals surface area contributed by atoms with E-state index in [-0.39, 0.29) is 23.2 Å².